The number of hydrogen-bond donors (Lipinski definition) is 0. The molecule has 0 bridgehead atoms. The van der Waals surface area contributed by atoms with Gasteiger partial charge in [-0.1, -0.05) is 134 Å². The summed E-state index contributed by atoms with van der Waals surface area (Å²) >= 11 is 1.64. The standard InChI is InChI=1S/C48H62O8S/c1-7-13-20-35(9-3)29-51-31-37(55-45(49)11-5)33-53-47-41-24-18-19-25-42(41)48(44-28-40(26-27-43(44)47)57-39-22-16-15-17-23-39)54-34-38(56-46(50)12-6)32-52-30-36(10-4)21-14-8-2/h11-12,15-19,22-28,35-38H,5-10,13-14,20-21,29-34H2,1-4H3. The highest BCUT2D eigenvalue weighted by atomic mass is 32.2. The third-order valence-electron chi connectivity index (χ3n) is 10.0. The van der Waals surface area contributed by atoms with Gasteiger partial charge in [-0.25, -0.2) is 9.59 Å². The Balaban J connectivity index is 1.69. The van der Waals surface area contributed by atoms with Crippen LogP contribution in [0.5, 0.6) is 11.5 Å². The summed E-state index contributed by atoms with van der Waals surface area (Å²) in [7, 11) is 0. The van der Waals surface area contributed by atoms with Gasteiger partial charge in [-0.05, 0) is 55.0 Å². The first-order valence-electron chi connectivity index (χ1n) is 20.6. The van der Waals surface area contributed by atoms with Crippen LogP contribution in [0.1, 0.15) is 79.1 Å². The summed E-state index contributed by atoms with van der Waals surface area (Å²) in [6, 6.07) is 24.3. The molecule has 308 valence electrons. The maximum absolute atomic E-state index is 12.5. The van der Waals surface area contributed by atoms with Crippen molar-refractivity contribution in [3.63, 3.8) is 0 Å². The van der Waals surface area contributed by atoms with E-state index >= 15 is 0 Å². The van der Waals surface area contributed by atoms with Crippen molar-refractivity contribution in [1.82, 2.24) is 0 Å². The number of hydrogen-bond acceptors (Lipinski definition) is 9. The Bertz CT molecular complexity index is 1840. The van der Waals surface area contributed by atoms with Gasteiger partial charge in [0.05, 0.1) is 13.2 Å². The maximum atomic E-state index is 12.5. The van der Waals surface area contributed by atoms with Crippen molar-refractivity contribution in [2.45, 2.75) is 101 Å². The normalized spacial score (nSPS) is 13.4. The van der Waals surface area contributed by atoms with Crippen LogP contribution in [-0.2, 0) is 28.5 Å². The van der Waals surface area contributed by atoms with Crippen molar-refractivity contribution in [2.24, 2.45) is 11.8 Å². The van der Waals surface area contributed by atoms with Crippen LogP contribution in [0.15, 0.2) is 108 Å². The number of unbranched alkanes of at least 4 members (excludes halogenated alkanes) is 2. The summed E-state index contributed by atoms with van der Waals surface area (Å²) in [6.07, 6.45) is 9.80. The van der Waals surface area contributed by atoms with Crippen LogP contribution >= 0.6 is 11.8 Å². The van der Waals surface area contributed by atoms with Crippen LogP contribution in [0, 0.1) is 11.8 Å². The highest BCUT2D eigenvalue weighted by Gasteiger charge is 2.23. The van der Waals surface area contributed by atoms with E-state index in [1.807, 2.05) is 48.5 Å². The molecule has 9 heteroatoms. The van der Waals surface area contributed by atoms with Gasteiger partial charge in [-0.15, -0.1) is 0 Å². The molecular weight excluding hydrogens is 737 g/mol. The van der Waals surface area contributed by atoms with Gasteiger partial charge in [0.2, 0.25) is 0 Å². The number of rotatable bonds is 28. The molecule has 4 rings (SSSR count). The van der Waals surface area contributed by atoms with E-state index in [4.69, 9.17) is 28.4 Å². The first-order valence-corrected chi connectivity index (χ1v) is 21.4. The van der Waals surface area contributed by atoms with E-state index in [0.29, 0.717) is 36.5 Å². The predicted molar refractivity (Wildman–Crippen MR) is 231 cm³/mol. The molecular formula is C48H62O8S. The van der Waals surface area contributed by atoms with Crippen molar-refractivity contribution in [3.8, 4) is 11.5 Å². The van der Waals surface area contributed by atoms with Gasteiger partial charge in [0, 0.05) is 56.7 Å². The predicted octanol–water partition coefficient (Wildman–Crippen LogP) is 11.6. The quantitative estimate of drug-likeness (QED) is 0.0316. The topological polar surface area (TPSA) is 89.5 Å². The van der Waals surface area contributed by atoms with Crippen LogP contribution in [-0.4, -0.2) is 63.8 Å². The fraction of sp³-hybridized carbons (Fsp3) is 0.458. The molecule has 0 aliphatic heterocycles. The summed E-state index contributed by atoms with van der Waals surface area (Å²) in [5.74, 6) is 1.07. The molecule has 57 heavy (non-hydrogen) atoms. The number of carbonyl (C=O) groups is 2. The Kier molecular flexibility index (Phi) is 20.0. The molecule has 0 heterocycles. The summed E-state index contributed by atoms with van der Waals surface area (Å²) in [5.41, 5.74) is 0. The highest BCUT2D eigenvalue weighted by Crippen LogP contribution is 2.45. The number of fused-ring (bicyclic) bond motifs is 2. The van der Waals surface area contributed by atoms with E-state index in [1.165, 1.54) is 0 Å². The van der Waals surface area contributed by atoms with Crippen LogP contribution in [0.2, 0.25) is 0 Å². The summed E-state index contributed by atoms with van der Waals surface area (Å²) in [5, 5.41) is 3.28. The maximum Gasteiger partial charge on any atom is 0.330 e. The van der Waals surface area contributed by atoms with E-state index in [-0.39, 0.29) is 26.4 Å². The van der Waals surface area contributed by atoms with E-state index in [1.54, 1.807) is 11.8 Å². The summed E-state index contributed by atoms with van der Waals surface area (Å²) < 4.78 is 37.1. The zero-order chi connectivity index (χ0) is 40.8. The van der Waals surface area contributed by atoms with Gasteiger partial charge in [0.15, 0.2) is 12.2 Å². The highest BCUT2D eigenvalue weighted by molar-refractivity contribution is 7.99. The first kappa shape index (κ1) is 45.4. The molecule has 0 fully saturated rings. The molecule has 4 aromatic rings. The molecule has 0 radical (unpaired) electrons. The lowest BCUT2D eigenvalue weighted by Crippen LogP contribution is -2.30. The summed E-state index contributed by atoms with van der Waals surface area (Å²) in [4.78, 5) is 27.0. The van der Waals surface area contributed by atoms with Crippen molar-refractivity contribution >= 4 is 45.2 Å². The van der Waals surface area contributed by atoms with E-state index in [0.717, 1.165) is 94.9 Å². The summed E-state index contributed by atoms with van der Waals surface area (Å²) in [6.45, 7) is 17.6. The Morgan fingerprint density at radius 2 is 1.05 bits per heavy atom. The molecule has 0 saturated heterocycles. The smallest absolute Gasteiger partial charge is 0.330 e. The van der Waals surface area contributed by atoms with Gasteiger partial charge < -0.3 is 28.4 Å². The number of ether oxygens (including phenoxy) is 6. The third kappa shape index (κ3) is 14.5. The van der Waals surface area contributed by atoms with Gasteiger partial charge in [0.1, 0.15) is 24.7 Å². The average molecular weight is 799 g/mol. The molecule has 0 aliphatic carbocycles. The zero-order valence-corrected chi connectivity index (χ0v) is 35.2. The van der Waals surface area contributed by atoms with Gasteiger partial charge in [-0.3, -0.25) is 0 Å². The Hall–Kier alpha value is -4.31. The van der Waals surface area contributed by atoms with Crippen molar-refractivity contribution in [3.05, 3.63) is 98.1 Å². The SMILES string of the molecule is C=CC(=O)OC(COCC(CC)CCCC)COc1c2ccccc2c(OCC(COCC(CC)CCCC)OC(=O)C=C)c2cc(Sc3ccccc3)ccc12. The Morgan fingerprint density at radius 3 is 1.53 bits per heavy atom. The number of benzene rings is 4. The molecule has 0 saturated carbocycles. The lowest BCUT2D eigenvalue weighted by molar-refractivity contribution is -0.149. The van der Waals surface area contributed by atoms with Crippen LogP contribution in [0.3, 0.4) is 0 Å². The Labute approximate surface area is 344 Å². The van der Waals surface area contributed by atoms with Gasteiger partial charge in [-0.2, -0.15) is 0 Å². The second-order valence-corrected chi connectivity index (χ2v) is 15.5. The van der Waals surface area contributed by atoms with E-state index < -0.39 is 24.1 Å². The average Bonchev–Trinajstić information content (AvgIpc) is 3.24. The van der Waals surface area contributed by atoms with Crippen molar-refractivity contribution in [2.75, 3.05) is 39.6 Å². The van der Waals surface area contributed by atoms with Gasteiger partial charge in [0.25, 0.3) is 0 Å². The minimum Gasteiger partial charge on any atom is -0.488 e. The fourth-order valence-corrected chi connectivity index (χ4v) is 7.49. The minimum absolute atomic E-state index is 0.0641. The van der Waals surface area contributed by atoms with E-state index in [9.17, 15) is 9.59 Å². The second-order valence-electron chi connectivity index (χ2n) is 14.4. The van der Waals surface area contributed by atoms with E-state index in [2.05, 4.69) is 65.1 Å². The molecule has 4 unspecified atom stereocenters. The van der Waals surface area contributed by atoms with Crippen molar-refractivity contribution < 1.29 is 38.0 Å². The van der Waals surface area contributed by atoms with Crippen molar-refractivity contribution in [1.29, 1.82) is 0 Å². The second kappa shape index (κ2) is 25.1. The molecule has 4 atom stereocenters. The number of esters is 2. The largest absolute Gasteiger partial charge is 0.488 e. The van der Waals surface area contributed by atoms with Crippen LogP contribution in [0.25, 0.3) is 21.5 Å². The molecule has 0 aliphatic rings. The minimum atomic E-state index is -0.666. The fourth-order valence-electron chi connectivity index (χ4n) is 6.62. The zero-order valence-electron chi connectivity index (χ0n) is 34.4. The third-order valence-corrected chi connectivity index (χ3v) is 11.0. The van der Waals surface area contributed by atoms with Crippen LogP contribution < -0.4 is 9.47 Å². The Morgan fingerprint density at radius 1 is 0.579 bits per heavy atom. The first-order chi connectivity index (χ1) is 27.8. The molecule has 0 aromatic heterocycles. The molecule has 4 aromatic carbocycles. The molecule has 0 N–H and O–H groups in total. The van der Waals surface area contributed by atoms with Crippen LogP contribution in [0.4, 0.5) is 0 Å². The molecule has 8 nitrogen and oxygen atoms in total. The monoisotopic (exact) mass is 798 g/mol. The number of carbonyl (C=O) groups excluding carboxylic acids is 2. The lowest BCUT2D eigenvalue weighted by Gasteiger charge is -2.23. The lowest BCUT2D eigenvalue weighted by atomic mass is 10.0. The molecule has 0 spiro atoms. The van der Waals surface area contributed by atoms with Gasteiger partial charge >= 0.3 is 11.9 Å². The molecule has 0 amide bonds.